The number of thioether (sulfide) groups is 1. The van der Waals surface area contributed by atoms with E-state index in [1.54, 1.807) is 12.1 Å². The molecule has 0 bridgehead atoms. The van der Waals surface area contributed by atoms with Crippen molar-refractivity contribution in [3.05, 3.63) is 47.0 Å². The molecular formula is C12H12N6O3S. The first kappa shape index (κ1) is 15.6. The van der Waals surface area contributed by atoms with E-state index in [0.29, 0.717) is 17.4 Å². The van der Waals surface area contributed by atoms with E-state index in [1.807, 2.05) is 0 Å². The van der Waals surface area contributed by atoms with Crippen LogP contribution in [0.4, 0.5) is 11.4 Å². The molecule has 10 heteroatoms. The lowest BCUT2D eigenvalue weighted by molar-refractivity contribution is -0.384. The van der Waals surface area contributed by atoms with Gasteiger partial charge in [0.2, 0.25) is 11.1 Å². The number of hydrogen-bond donors (Lipinski definition) is 1. The summed E-state index contributed by atoms with van der Waals surface area (Å²) in [5.41, 5.74) is 0.283. The van der Waals surface area contributed by atoms with Gasteiger partial charge in [-0.2, -0.15) is 0 Å². The van der Waals surface area contributed by atoms with Gasteiger partial charge in [0.05, 0.1) is 17.2 Å². The van der Waals surface area contributed by atoms with E-state index < -0.39 is 4.92 Å². The number of nitro groups is 1. The molecule has 0 aliphatic rings. The number of rotatable bonds is 7. The van der Waals surface area contributed by atoms with Gasteiger partial charge in [0.15, 0.2) is 0 Å². The number of non-ortho nitro benzene ring substituents is 1. The molecule has 0 fully saturated rings. The zero-order valence-corrected chi connectivity index (χ0v) is 12.2. The molecule has 2 rings (SSSR count). The molecule has 114 valence electrons. The van der Waals surface area contributed by atoms with Gasteiger partial charge in [-0.05, 0) is 16.5 Å². The molecule has 22 heavy (non-hydrogen) atoms. The van der Waals surface area contributed by atoms with E-state index in [0.717, 1.165) is 11.8 Å². The van der Waals surface area contributed by atoms with E-state index >= 15 is 0 Å². The third kappa shape index (κ3) is 4.12. The van der Waals surface area contributed by atoms with Crippen LogP contribution in [0, 0.1) is 10.1 Å². The highest BCUT2D eigenvalue weighted by Gasteiger charge is 2.11. The monoisotopic (exact) mass is 320 g/mol. The topological polar surface area (TPSA) is 116 Å². The second-order valence-electron chi connectivity index (χ2n) is 4.08. The molecule has 1 heterocycles. The van der Waals surface area contributed by atoms with E-state index in [1.165, 1.54) is 22.9 Å². The number of anilines is 1. The van der Waals surface area contributed by atoms with Crippen LogP contribution < -0.4 is 5.32 Å². The highest BCUT2D eigenvalue weighted by molar-refractivity contribution is 7.99. The van der Waals surface area contributed by atoms with Crippen molar-refractivity contribution in [1.29, 1.82) is 0 Å². The molecule has 1 aromatic heterocycles. The van der Waals surface area contributed by atoms with Gasteiger partial charge in [0, 0.05) is 17.8 Å². The lowest BCUT2D eigenvalue weighted by atomic mass is 10.3. The summed E-state index contributed by atoms with van der Waals surface area (Å²) in [4.78, 5) is 22.0. The summed E-state index contributed by atoms with van der Waals surface area (Å²) in [6.07, 6.45) is 1.64. The highest BCUT2D eigenvalue weighted by atomic mass is 32.2. The normalized spacial score (nSPS) is 10.2. The summed E-state index contributed by atoms with van der Waals surface area (Å²) in [5.74, 6) is -0.223. The predicted molar refractivity (Wildman–Crippen MR) is 80.5 cm³/mol. The Labute approximate surface area is 129 Å². The fourth-order valence-electron chi connectivity index (χ4n) is 1.56. The SMILES string of the molecule is C=CCn1nnnc1SCC(=O)Nc1cccc([N+](=O)[O-])c1. The van der Waals surface area contributed by atoms with Gasteiger partial charge in [-0.15, -0.1) is 11.7 Å². The number of amides is 1. The number of tetrazole rings is 1. The standard InChI is InChI=1S/C12H12N6O3S/c1-2-6-17-12(14-15-16-17)22-8-11(19)13-9-4-3-5-10(7-9)18(20)21/h2-5,7H,1,6,8H2,(H,13,19). The maximum absolute atomic E-state index is 11.9. The van der Waals surface area contributed by atoms with E-state index in [-0.39, 0.29) is 17.3 Å². The van der Waals surface area contributed by atoms with Crippen molar-refractivity contribution in [2.75, 3.05) is 11.1 Å². The molecule has 1 N–H and O–H groups in total. The van der Waals surface area contributed by atoms with Crippen molar-refractivity contribution in [1.82, 2.24) is 20.2 Å². The summed E-state index contributed by atoms with van der Waals surface area (Å²) in [5, 5.41) is 24.8. The minimum absolute atomic E-state index is 0.0830. The Kier molecular flexibility index (Phi) is 5.20. The van der Waals surface area contributed by atoms with Crippen LogP contribution in [0.2, 0.25) is 0 Å². The Balaban J connectivity index is 1.93. The van der Waals surface area contributed by atoms with E-state index in [9.17, 15) is 14.9 Å². The van der Waals surface area contributed by atoms with Gasteiger partial charge in [-0.25, -0.2) is 4.68 Å². The molecule has 0 saturated heterocycles. The Hall–Kier alpha value is -2.75. The van der Waals surface area contributed by atoms with Crippen LogP contribution in [0.3, 0.4) is 0 Å². The number of nitrogens with one attached hydrogen (secondary N) is 1. The third-order valence-electron chi connectivity index (χ3n) is 2.47. The maximum atomic E-state index is 11.9. The van der Waals surface area contributed by atoms with Crippen LogP contribution in [0.25, 0.3) is 0 Å². The largest absolute Gasteiger partial charge is 0.325 e. The molecule has 9 nitrogen and oxygen atoms in total. The summed E-state index contributed by atoms with van der Waals surface area (Å²) in [6, 6.07) is 5.74. The molecule has 1 amide bonds. The van der Waals surface area contributed by atoms with Crippen molar-refractivity contribution in [3.63, 3.8) is 0 Å². The number of aromatic nitrogens is 4. The van der Waals surface area contributed by atoms with Crippen LogP contribution >= 0.6 is 11.8 Å². The molecule has 0 atom stereocenters. The van der Waals surface area contributed by atoms with E-state index in [4.69, 9.17) is 0 Å². The van der Waals surface area contributed by atoms with E-state index in [2.05, 4.69) is 27.4 Å². The third-order valence-corrected chi connectivity index (χ3v) is 3.43. The average molecular weight is 320 g/mol. The summed E-state index contributed by atoms with van der Waals surface area (Å²) in [6.45, 7) is 4.04. The van der Waals surface area contributed by atoms with Gasteiger partial charge in [0.25, 0.3) is 5.69 Å². The molecule has 0 saturated carbocycles. The van der Waals surface area contributed by atoms with Crippen molar-refractivity contribution in [2.45, 2.75) is 11.7 Å². The van der Waals surface area contributed by atoms with Crippen molar-refractivity contribution in [3.8, 4) is 0 Å². The number of allylic oxidation sites excluding steroid dienone is 1. The Morgan fingerprint density at radius 3 is 3.09 bits per heavy atom. The number of nitrogens with zero attached hydrogens (tertiary/aromatic N) is 5. The fraction of sp³-hybridized carbons (Fsp3) is 0.167. The predicted octanol–water partition coefficient (Wildman–Crippen LogP) is 1.50. The number of carbonyl (C=O) groups excluding carboxylic acids is 1. The summed E-state index contributed by atoms with van der Waals surface area (Å²) in [7, 11) is 0. The number of carbonyl (C=O) groups is 1. The van der Waals surface area contributed by atoms with Crippen LogP contribution in [0.15, 0.2) is 42.1 Å². The molecule has 0 aliphatic heterocycles. The Bertz CT molecular complexity index is 702. The molecule has 1 aromatic carbocycles. The first-order valence-corrected chi connectivity index (χ1v) is 7.13. The smallest absolute Gasteiger partial charge is 0.271 e. The molecule has 2 aromatic rings. The van der Waals surface area contributed by atoms with Crippen LogP contribution in [-0.4, -0.2) is 36.8 Å². The minimum atomic E-state index is -0.520. The van der Waals surface area contributed by atoms with Crippen LogP contribution in [0.5, 0.6) is 0 Å². The Morgan fingerprint density at radius 1 is 1.55 bits per heavy atom. The van der Waals surface area contributed by atoms with Crippen LogP contribution in [0.1, 0.15) is 0 Å². The quantitative estimate of drug-likeness (QED) is 0.355. The van der Waals surface area contributed by atoms with Crippen LogP contribution in [-0.2, 0) is 11.3 Å². The van der Waals surface area contributed by atoms with Gasteiger partial charge < -0.3 is 5.32 Å². The summed E-state index contributed by atoms with van der Waals surface area (Å²) >= 11 is 1.16. The molecule has 0 spiro atoms. The van der Waals surface area contributed by atoms with Gasteiger partial charge in [-0.1, -0.05) is 23.9 Å². The Morgan fingerprint density at radius 2 is 2.36 bits per heavy atom. The number of nitro benzene ring substituents is 1. The number of hydrogen-bond acceptors (Lipinski definition) is 7. The molecule has 0 aliphatic carbocycles. The second kappa shape index (κ2) is 7.31. The fourth-order valence-corrected chi connectivity index (χ4v) is 2.25. The summed E-state index contributed by atoms with van der Waals surface area (Å²) < 4.78 is 1.51. The minimum Gasteiger partial charge on any atom is -0.325 e. The first-order valence-electron chi connectivity index (χ1n) is 6.14. The lowest BCUT2D eigenvalue weighted by Crippen LogP contribution is -2.14. The van der Waals surface area contributed by atoms with Gasteiger partial charge >= 0.3 is 0 Å². The highest BCUT2D eigenvalue weighted by Crippen LogP contribution is 2.18. The zero-order valence-electron chi connectivity index (χ0n) is 11.4. The zero-order chi connectivity index (χ0) is 15.9. The van der Waals surface area contributed by atoms with Crippen molar-refractivity contribution in [2.24, 2.45) is 0 Å². The van der Waals surface area contributed by atoms with Crippen molar-refractivity contribution < 1.29 is 9.72 Å². The lowest BCUT2D eigenvalue weighted by Gasteiger charge is -2.04. The molecule has 0 radical (unpaired) electrons. The van der Waals surface area contributed by atoms with Gasteiger partial charge in [-0.3, -0.25) is 14.9 Å². The second-order valence-corrected chi connectivity index (χ2v) is 5.02. The molecule has 0 unspecified atom stereocenters. The van der Waals surface area contributed by atoms with Crippen molar-refractivity contribution >= 4 is 29.0 Å². The molecular weight excluding hydrogens is 308 g/mol. The first-order chi connectivity index (χ1) is 10.6. The number of benzene rings is 1. The van der Waals surface area contributed by atoms with Gasteiger partial charge in [0.1, 0.15) is 0 Å². The maximum Gasteiger partial charge on any atom is 0.271 e. The average Bonchev–Trinajstić information content (AvgIpc) is 2.93.